The molecule has 1 fully saturated rings. The Hall–Kier alpha value is -2.08. The minimum atomic E-state index is -0.524. The average molecular weight is 390 g/mol. The van der Waals surface area contributed by atoms with E-state index in [4.69, 9.17) is 4.74 Å². The summed E-state index contributed by atoms with van der Waals surface area (Å²) < 4.78 is 5.22. The number of ether oxygens (including phenoxy) is 1. The first-order chi connectivity index (χ1) is 12.7. The molecule has 1 saturated heterocycles. The van der Waals surface area contributed by atoms with Crippen LogP contribution in [0.25, 0.3) is 0 Å². The first-order valence-corrected chi connectivity index (χ1v) is 9.91. The molecule has 6 nitrogen and oxygen atoms in total. The van der Waals surface area contributed by atoms with Gasteiger partial charge in [0.2, 0.25) is 0 Å². The molecule has 2 amide bonds. The van der Waals surface area contributed by atoms with Gasteiger partial charge < -0.3 is 20.7 Å². The third kappa shape index (κ3) is 7.15. The van der Waals surface area contributed by atoms with E-state index in [2.05, 4.69) is 43.6 Å². The number of rotatable bonds is 4. The van der Waals surface area contributed by atoms with Crippen molar-refractivity contribution in [1.82, 2.24) is 16.0 Å². The molecule has 3 N–H and O–H groups in total. The second kappa shape index (κ2) is 8.11. The van der Waals surface area contributed by atoms with Crippen LogP contribution in [0.15, 0.2) is 24.3 Å². The molecule has 1 aromatic carbocycles. The number of nitrogens with one attached hydrogen (secondary N) is 3. The molecule has 156 valence electrons. The van der Waals surface area contributed by atoms with E-state index in [1.807, 2.05) is 32.9 Å². The summed E-state index contributed by atoms with van der Waals surface area (Å²) in [6.45, 7) is 14.5. The average Bonchev–Trinajstić information content (AvgIpc) is 2.48. The molecule has 0 bridgehead atoms. The molecule has 0 aliphatic carbocycles. The highest BCUT2D eigenvalue weighted by Crippen LogP contribution is 2.28. The van der Waals surface area contributed by atoms with Crippen molar-refractivity contribution in [2.45, 2.75) is 90.6 Å². The van der Waals surface area contributed by atoms with Gasteiger partial charge in [-0.1, -0.05) is 12.1 Å². The standard InChI is InChI=1S/C22H35N3O3/c1-20(2,3)28-19(27)23-14-15-8-10-16(11-9-15)18(26)24-17-12-21(4,5)25-22(6,7)13-17/h8-11,17,25H,12-14H2,1-7H3,(H,23,27)(H,24,26). The van der Waals surface area contributed by atoms with Crippen LogP contribution in [-0.2, 0) is 11.3 Å². The third-order valence-corrected chi connectivity index (χ3v) is 4.58. The number of amides is 2. The smallest absolute Gasteiger partial charge is 0.407 e. The number of piperidine rings is 1. The minimum Gasteiger partial charge on any atom is -0.444 e. The van der Waals surface area contributed by atoms with Crippen LogP contribution in [0.4, 0.5) is 4.79 Å². The van der Waals surface area contributed by atoms with Crippen molar-refractivity contribution in [2.75, 3.05) is 0 Å². The first kappa shape index (κ1) is 22.2. The number of carbonyl (C=O) groups is 2. The topological polar surface area (TPSA) is 79.5 Å². The van der Waals surface area contributed by atoms with Crippen molar-refractivity contribution in [1.29, 1.82) is 0 Å². The Morgan fingerprint density at radius 3 is 2.11 bits per heavy atom. The van der Waals surface area contributed by atoms with Gasteiger partial charge in [-0.05, 0) is 79.0 Å². The number of hydrogen-bond acceptors (Lipinski definition) is 4. The summed E-state index contributed by atoms with van der Waals surface area (Å²) in [4.78, 5) is 24.4. The molecule has 0 radical (unpaired) electrons. The molecule has 0 unspecified atom stereocenters. The molecule has 28 heavy (non-hydrogen) atoms. The Kier molecular flexibility index (Phi) is 6.44. The summed E-state index contributed by atoms with van der Waals surface area (Å²) in [5, 5.41) is 9.52. The maximum Gasteiger partial charge on any atom is 0.407 e. The summed E-state index contributed by atoms with van der Waals surface area (Å²) >= 11 is 0. The van der Waals surface area contributed by atoms with E-state index in [-0.39, 0.29) is 23.0 Å². The van der Waals surface area contributed by atoms with E-state index >= 15 is 0 Å². The fraction of sp³-hybridized carbons (Fsp3) is 0.636. The lowest BCUT2D eigenvalue weighted by Gasteiger charge is -2.46. The molecular formula is C22H35N3O3. The molecule has 0 atom stereocenters. The predicted molar refractivity (Wildman–Crippen MR) is 111 cm³/mol. The van der Waals surface area contributed by atoms with Crippen molar-refractivity contribution in [3.8, 4) is 0 Å². The van der Waals surface area contributed by atoms with Crippen LogP contribution in [0.3, 0.4) is 0 Å². The lowest BCUT2D eigenvalue weighted by Crippen LogP contribution is -2.62. The quantitative estimate of drug-likeness (QED) is 0.733. The number of benzene rings is 1. The van der Waals surface area contributed by atoms with E-state index in [9.17, 15) is 9.59 Å². The van der Waals surface area contributed by atoms with Crippen LogP contribution < -0.4 is 16.0 Å². The Morgan fingerprint density at radius 1 is 1.07 bits per heavy atom. The van der Waals surface area contributed by atoms with Crippen LogP contribution in [0, 0.1) is 0 Å². The van der Waals surface area contributed by atoms with Gasteiger partial charge in [-0.2, -0.15) is 0 Å². The Labute approximate surface area is 168 Å². The van der Waals surface area contributed by atoms with Crippen LogP contribution in [-0.4, -0.2) is 34.7 Å². The molecular weight excluding hydrogens is 354 g/mol. The van der Waals surface area contributed by atoms with Gasteiger partial charge in [-0.3, -0.25) is 4.79 Å². The molecule has 1 aliphatic rings. The summed E-state index contributed by atoms with van der Waals surface area (Å²) in [6.07, 6.45) is 1.32. The van der Waals surface area contributed by atoms with Gasteiger partial charge in [-0.15, -0.1) is 0 Å². The monoisotopic (exact) mass is 389 g/mol. The van der Waals surface area contributed by atoms with Gasteiger partial charge in [0.05, 0.1) is 0 Å². The van der Waals surface area contributed by atoms with Crippen molar-refractivity contribution in [2.24, 2.45) is 0 Å². The van der Waals surface area contributed by atoms with Gasteiger partial charge in [0.25, 0.3) is 5.91 Å². The van der Waals surface area contributed by atoms with E-state index in [0.29, 0.717) is 12.1 Å². The molecule has 0 aromatic heterocycles. The van der Waals surface area contributed by atoms with Gasteiger partial charge in [0.15, 0.2) is 0 Å². The lowest BCUT2D eigenvalue weighted by atomic mass is 9.79. The second-order valence-electron chi connectivity index (χ2n) is 10.0. The van der Waals surface area contributed by atoms with Gasteiger partial charge >= 0.3 is 6.09 Å². The highest BCUT2D eigenvalue weighted by molar-refractivity contribution is 5.94. The number of hydrogen-bond donors (Lipinski definition) is 3. The minimum absolute atomic E-state index is 0.0170. The Bertz CT molecular complexity index is 687. The molecule has 1 heterocycles. The molecule has 1 aliphatic heterocycles. The molecule has 6 heteroatoms. The van der Waals surface area contributed by atoms with Crippen LogP contribution in [0.2, 0.25) is 0 Å². The molecule has 2 rings (SSSR count). The number of alkyl carbamates (subject to hydrolysis) is 1. The summed E-state index contributed by atoms with van der Waals surface area (Å²) in [5.74, 6) is -0.0647. The van der Waals surface area contributed by atoms with Gasteiger partial charge in [0, 0.05) is 29.2 Å². The van der Waals surface area contributed by atoms with E-state index in [0.717, 1.165) is 18.4 Å². The van der Waals surface area contributed by atoms with Crippen LogP contribution >= 0.6 is 0 Å². The maximum atomic E-state index is 12.6. The van der Waals surface area contributed by atoms with Crippen LogP contribution in [0.5, 0.6) is 0 Å². The zero-order chi connectivity index (χ0) is 21.2. The summed E-state index contributed by atoms with van der Waals surface area (Å²) in [7, 11) is 0. The van der Waals surface area contributed by atoms with Crippen LogP contribution in [0.1, 0.15) is 77.2 Å². The Morgan fingerprint density at radius 2 is 1.61 bits per heavy atom. The Balaban J connectivity index is 1.90. The zero-order valence-corrected chi connectivity index (χ0v) is 18.2. The highest BCUT2D eigenvalue weighted by Gasteiger charge is 2.38. The second-order valence-corrected chi connectivity index (χ2v) is 10.0. The van der Waals surface area contributed by atoms with E-state index in [1.165, 1.54) is 0 Å². The first-order valence-electron chi connectivity index (χ1n) is 9.91. The molecule has 1 aromatic rings. The summed E-state index contributed by atoms with van der Waals surface area (Å²) in [6, 6.07) is 7.41. The van der Waals surface area contributed by atoms with Gasteiger partial charge in [-0.25, -0.2) is 4.79 Å². The highest BCUT2D eigenvalue weighted by atomic mass is 16.6. The third-order valence-electron chi connectivity index (χ3n) is 4.58. The lowest BCUT2D eigenvalue weighted by molar-refractivity contribution is 0.0523. The van der Waals surface area contributed by atoms with Crippen molar-refractivity contribution in [3.05, 3.63) is 35.4 Å². The van der Waals surface area contributed by atoms with E-state index in [1.54, 1.807) is 12.1 Å². The van der Waals surface area contributed by atoms with Crippen molar-refractivity contribution < 1.29 is 14.3 Å². The molecule has 0 saturated carbocycles. The van der Waals surface area contributed by atoms with Crippen molar-refractivity contribution in [3.63, 3.8) is 0 Å². The zero-order valence-electron chi connectivity index (χ0n) is 18.2. The maximum absolute atomic E-state index is 12.6. The van der Waals surface area contributed by atoms with E-state index < -0.39 is 11.7 Å². The number of carbonyl (C=O) groups excluding carboxylic acids is 2. The normalized spacial score (nSPS) is 19.0. The summed E-state index contributed by atoms with van der Waals surface area (Å²) in [5.41, 5.74) is 0.971. The predicted octanol–water partition coefficient (Wildman–Crippen LogP) is 3.75. The largest absolute Gasteiger partial charge is 0.444 e. The molecule has 0 spiro atoms. The van der Waals surface area contributed by atoms with Gasteiger partial charge in [0.1, 0.15) is 5.60 Å². The van der Waals surface area contributed by atoms with Crippen molar-refractivity contribution >= 4 is 12.0 Å². The fourth-order valence-corrected chi connectivity index (χ4v) is 3.96. The fourth-order valence-electron chi connectivity index (χ4n) is 3.96. The SMILES string of the molecule is CC1(C)CC(NC(=O)c2ccc(CNC(=O)OC(C)(C)C)cc2)CC(C)(C)N1.